The maximum Gasteiger partial charge on any atom is 0.332 e. The molecule has 0 aliphatic heterocycles. The van der Waals surface area contributed by atoms with Crippen molar-refractivity contribution < 1.29 is 4.74 Å². The first-order chi connectivity index (χ1) is 11.8. The number of aryl methyl sites for hydroxylation is 3. The molecule has 0 spiro atoms. The number of ether oxygens (including phenoxy) is 1. The molecule has 2 heterocycles. The van der Waals surface area contributed by atoms with Crippen LogP contribution in [0.5, 0.6) is 5.75 Å². The molecule has 0 atom stereocenters. The van der Waals surface area contributed by atoms with Gasteiger partial charge in [-0.2, -0.15) is 4.98 Å². The van der Waals surface area contributed by atoms with Gasteiger partial charge in [0.2, 0.25) is 5.28 Å². The highest BCUT2D eigenvalue weighted by atomic mass is 35.5. The summed E-state index contributed by atoms with van der Waals surface area (Å²) in [5.74, 6) is 0.792. The summed E-state index contributed by atoms with van der Waals surface area (Å²) in [6.07, 6.45) is 0. The zero-order chi connectivity index (χ0) is 18.3. The molecular weight excluding hydrogens is 344 g/mol. The average molecular weight is 363 g/mol. The van der Waals surface area contributed by atoms with E-state index in [1.165, 1.54) is 11.6 Å². The van der Waals surface area contributed by atoms with Gasteiger partial charge in [0, 0.05) is 14.1 Å². The first kappa shape index (κ1) is 17.3. The molecule has 7 nitrogen and oxygen atoms in total. The molecule has 0 aliphatic rings. The van der Waals surface area contributed by atoms with Crippen LogP contribution in [0.2, 0.25) is 5.28 Å². The molecule has 0 aliphatic carbocycles. The van der Waals surface area contributed by atoms with E-state index in [9.17, 15) is 9.59 Å². The van der Waals surface area contributed by atoms with Crippen molar-refractivity contribution in [2.45, 2.75) is 20.4 Å². The van der Waals surface area contributed by atoms with E-state index in [1.54, 1.807) is 11.6 Å². The lowest BCUT2D eigenvalue weighted by atomic mass is 10.1. The maximum atomic E-state index is 12.5. The van der Waals surface area contributed by atoms with E-state index in [1.807, 2.05) is 32.0 Å². The van der Waals surface area contributed by atoms with Crippen molar-refractivity contribution in [1.29, 1.82) is 0 Å². The number of benzene rings is 1. The minimum absolute atomic E-state index is 0.151. The fraction of sp³-hybridized carbons (Fsp3) is 0.353. The van der Waals surface area contributed by atoms with Crippen molar-refractivity contribution in [3.8, 4) is 5.75 Å². The number of rotatable bonds is 4. The molecule has 132 valence electrons. The second kappa shape index (κ2) is 6.40. The Morgan fingerprint density at radius 3 is 2.60 bits per heavy atom. The monoisotopic (exact) mass is 362 g/mol. The van der Waals surface area contributed by atoms with Crippen LogP contribution in [0.15, 0.2) is 27.8 Å². The zero-order valence-electron chi connectivity index (χ0n) is 14.5. The third-order valence-corrected chi connectivity index (χ3v) is 4.51. The number of fused-ring (bicyclic) bond motifs is 1. The zero-order valence-corrected chi connectivity index (χ0v) is 15.3. The molecule has 8 heteroatoms. The lowest BCUT2D eigenvalue weighted by Crippen LogP contribution is -2.37. The first-order valence-electron chi connectivity index (χ1n) is 7.83. The predicted octanol–water partition coefficient (Wildman–Crippen LogP) is 1.78. The Balaban J connectivity index is 1.95. The molecule has 25 heavy (non-hydrogen) atoms. The molecule has 0 N–H and O–H groups in total. The van der Waals surface area contributed by atoms with Crippen LogP contribution < -0.4 is 16.0 Å². The fourth-order valence-electron chi connectivity index (χ4n) is 2.73. The lowest BCUT2D eigenvalue weighted by molar-refractivity contribution is 0.298. The summed E-state index contributed by atoms with van der Waals surface area (Å²) in [6.45, 7) is 4.63. The normalized spacial score (nSPS) is 11.2. The number of imidazole rings is 1. The Morgan fingerprint density at radius 1 is 1.16 bits per heavy atom. The Bertz CT molecular complexity index is 1080. The Kier molecular flexibility index (Phi) is 4.43. The predicted molar refractivity (Wildman–Crippen MR) is 96.6 cm³/mol. The highest BCUT2D eigenvalue weighted by Crippen LogP contribution is 2.20. The quantitative estimate of drug-likeness (QED) is 0.663. The third kappa shape index (κ3) is 2.95. The summed E-state index contributed by atoms with van der Waals surface area (Å²) < 4.78 is 9.76. The minimum atomic E-state index is -0.439. The Labute approximate surface area is 149 Å². The summed E-state index contributed by atoms with van der Waals surface area (Å²) >= 11 is 6.19. The Hall–Kier alpha value is -2.54. The number of nitrogens with zero attached hydrogens (tertiary/aromatic N) is 4. The van der Waals surface area contributed by atoms with E-state index in [0.29, 0.717) is 18.7 Å². The highest BCUT2D eigenvalue weighted by molar-refractivity contribution is 6.29. The van der Waals surface area contributed by atoms with Gasteiger partial charge in [-0.05, 0) is 42.6 Å². The summed E-state index contributed by atoms with van der Waals surface area (Å²) in [5, 5.41) is 0.151. The molecule has 3 rings (SSSR count). The highest BCUT2D eigenvalue weighted by Gasteiger charge is 2.18. The van der Waals surface area contributed by atoms with Crippen molar-refractivity contribution in [3.63, 3.8) is 0 Å². The molecule has 2 aromatic heterocycles. The van der Waals surface area contributed by atoms with E-state index >= 15 is 0 Å². The fourth-order valence-corrected chi connectivity index (χ4v) is 2.98. The summed E-state index contributed by atoms with van der Waals surface area (Å²) in [4.78, 5) is 28.6. The summed E-state index contributed by atoms with van der Waals surface area (Å²) in [6, 6.07) is 5.98. The van der Waals surface area contributed by atoms with Crippen molar-refractivity contribution in [1.82, 2.24) is 18.7 Å². The van der Waals surface area contributed by atoms with Crippen molar-refractivity contribution in [2.75, 3.05) is 6.61 Å². The molecule has 0 saturated heterocycles. The molecular formula is C17H19ClN4O3. The first-order valence-corrected chi connectivity index (χ1v) is 8.21. The number of hydrogen-bond donors (Lipinski definition) is 0. The second-order valence-electron chi connectivity index (χ2n) is 6.03. The van der Waals surface area contributed by atoms with Crippen LogP contribution >= 0.6 is 11.6 Å². The summed E-state index contributed by atoms with van der Waals surface area (Å²) in [5.41, 5.74) is 1.83. The number of halogens is 1. The van der Waals surface area contributed by atoms with Crippen LogP contribution in [-0.4, -0.2) is 25.3 Å². The average Bonchev–Trinajstić information content (AvgIpc) is 2.91. The molecule has 0 radical (unpaired) electrons. The molecule has 0 bridgehead atoms. The van der Waals surface area contributed by atoms with Gasteiger partial charge in [-0.15, -0.1) is 0 Å². The van der Waals surface area contributed by atoms with E-state index in [-0.39, 0.29) is 10.9 Å². The number of hydrogen-bond acceptors (Lipinski definition) is 4. The van der Waals surface area contributed by atoms with Gasteiger partial charge >= 0.3 is 5.69 Å². The van der Waals surface area contributed by atoms with Gasteiger partial charge in [0.15, 0.2) is 11.2 Å². The van der Waals surface area contributed by atoms with Gasteiger partial charge in [0.25, 0.3) is 5.56 Å². The van der Waals surface area contributed by atoms with Crippen LogP contribution in [0.4, 0.5) is 0 Å². The van der Waals surface area contributed by atoms with E-state index < -0.39 is 11.2 Å². The van der Waals surface area contributed by atoms with Gasteiger partial charge in [-0.3, -0.25) is 13.9 Å². The van der Waals surface area contributed by atoms with Gasteiger partial charge in [0.05, 0.1) is 6.54 Å². The standard InChI is InChI=1S/C17H19ClN4O3/c1-10-5-6-11(2)12(9-10)25-8-7-22-13-14(19-16(22)18)20(3)17(24)21(4)15(13)23/h5-6,9H,7-8H2,1-4H3. The Morgan fingerprint density at radius 2 is 1.88 bits per heavy atom. The largest absolute Gasteiger partial charge is 0.491 e. The molecule has 0 unspecified atom stereocenters. The van der Waals surface area contributed by atoms with Crippen LogP contribution in [0.1, 0.15) is 11.1 Å². The van der Waals surface area contributed by atoms with Crippen LogP contribution in [0, 0.1) is 13.8 Å². The van der Waals surface area contributed by atoms with Crippen LogP contribution in [-0.2, 0) is 20.6 Å². The maximum absolute atomic E-state index is 12.5. The van der Waals surface area contributed by atoms with Gasteiger partial charge in [0.1, 0.15) is 12.4 Å². The lowest BCUT2D eigenvalue weighted by Gasteiger charge is -2.11. The molecule has 3 aromatic rings. The molecule has 0 saturated carbocycles. The van der Waals surface area contributed by atoms with Crippen molar-refractivity contribution in [3.05, 3.63) is 55.4 Å². The second-order valence-corrected chi connectivity index (χ2v) is 6.37. The van der Waals surface area contributed by atoms with Crippen molar-refractivity contribution in [2.24, 2.45) is 14.1 Å². The van der Waals surface area contributed by atoms with Gasteiger partial charge < -0.3 is 9.30 Å². The SMILES string of the molecule is Cc1ccc(C)c(OCCn2c(Cl)nc3c2c(=O)n(C)c(=O)n3C)c1. The van der Waals surface area contributed by atoms with Gasteiger partial charge in [-0.1, -0.05) is 12.1 Å². The van der Waals surface area contributed by atoms with E-state index in [4.69, 9.17) is 16.3 Å². The molecule has 1 aromatic carbocycles. The van der Waals surface area contributed by atoms with E-state index in [0.717, 1.165) is 21.4 Å². The van der Waals surface area contributed by atoms with E-state index in [2.05, 4.69) is 4.98 Å². The van der Waals surface area contributed by atoms with Crippen molar-refractivity contribution >= 4 is 22.8 Å². The number of aromatic nitrogens is 4. The third-order valence-electron chi connectivity index (χ3n) is 4.22. The van der Waals surface area contributed by atoms with Crippen LogP contribution in [0.3, 0.4) is 0 Å². The summed E-state index contributed by atoms with van der Waals surface area (Å²) in [7, 11) is 2.99. The topological polar surface area (TPSA) is 71.1 Å². The molecule has 0 fully saturated rings. The van der Waals surface area contributed by atoms with Crippen LogP contribution in [0.25, 0.3) is 11.2 Å². The van der Waals surface area contributed by atoms with Gasteiger partial charge in [-0.25, -0.2) is 4.79 Å². The minimum Gasteiger partial charge on any atom is -0.491 e. The smallest absolute Gasteiger partial charge is 0.332 e. The molecule has 0 amide bonds.